The number of aromatic nitrogens is 2. The maximum Gasteiger partial charge on any atom is 0.296 e. The number of nitrogens with zero attached hydrogens (tertiary/aromatic N) is 4. The number of carbonyl (C=O) groups is 1. The van der Waals surface area contributed by atoms with Gasteiger partial charge in [-0.3, -0.25) is 19.2 Å². The number of fused-ring (bicyclic) bond motifs is 1. The van der Waals surface area contributed by atoms with Crippen molar-refractivity contribution in [1.29, 1.82) is 0 Å². The Morgan fingerprint density at radius 1 is 1.48 bits per heavy atom. The standard InChI is InChI=1S/C16H23N5O4/c1-9-7-10(20(4)19-9)8-17-13(23)11-12(22)14(24)21-5-6-25-16(2,3)15(21)18-11/h10,22H,5-8H2,1-4H3,(H,17,23). The third-order valence-corrected chi connectivity index (χ3v) is 4.56. The number of amides is 1. The summed E-state index contributed by atoms with van der Waals surface area (Å²) >= 11 is 0. The largest absolute Gasteiger partial charge is 0.501 e. The second kappa shape index (κ2) is 6.14. The molecule has 2 aliphatic rings. The molecule has 2 N–H and O–H groups in total. The second-order valence-corrected chi connectivity index (χ2v) is 6.93. The first-order valence-corrected chi connectivity index (χ1v) is 8.24. The van der Waals surface area contributed by atoms with Gasteiger partial charge < -0.3 is 15.2 Å². The lowest BCUT2D eigenvalue weighted by molar-refractivity contribution is -0.0566. The number of nitrogens with one attached hydrogen (secondary N) is 1. The number of hydrogen-bond acceptors (Lipinski definition) is 7. The summed E-state index contributed by atoms with van der Waals surface area (Å²) in [5.74, 6) is -0.882. The van der Waals surface area contributed by atoms with E-state index in [0.717, 1.165) is 12.1 Å². The number of rotatable bonds is 3. The molecular weight excluding hydrogens is 326 g/mol. The molecule has 9 heteroatoms. The predicted molar refractivity (Wildman–Crippen MR) is 90.8 cm³/mol. The van der Waals surface area contributed by atoms with Gasteiger partial charge in [-0.05, 0) is 20.8 Å². The van der Waals surface area contributed by atoms with Crippen molar-refractivity contribution in [3.8, 4) is 5.75 Å². The van der Waals surface area contributed by atoms with Crippen LogP contribution in [0.25, 0.3) is 0 Å². The molecule has 0 bridgehead atoms. The Morgan fingerprint density at radius 3 is 2.84 bits per heavy atom. The van der Waals surface area contributed by atoms with Crippen LogP contribution in [0.2, 0.25) is 0 Å². The van der Waals surface area contributed by atoms with Crippen LogP contribution < -0.4 is 10.9 Å². The van der Waals surface area contributed by atoms with Gasteiger partial charge in [-0.2, -0.15) is 5.10 Å². The van der Waals surface area contributed by atoms with Crippen molar-refractivity contribution in [3.63, 3.8) is 0 Å². The first-order chi connectivity index (χ1) is 11.7. The highest BCUT2D eigenvalue weighted by Crippen LogP contribution is 2.27. The van der Waals surface area contributed by atoms with Crippen molar-refractivity contribution in [1.82, 2.24) is 19.9 Å². The van der Waals surface area contributed by atoms with Crippen molar-refractivity contribution < 1.29 is 14.6 Å². The molecule has 1 aromatic rings. The Labute approximate surface area is 145 Å². The van der Waals surface area contributed by atoms with E-state index in [0.29, 0.717) is 25.5 Å². The Kier molecular flexibility index (Phi) is 4.28. The van der Waals surface area contributed by atoms with Gasteiger partial charge in [0.1, 0.15) is 11.4 Å². The van der Waals surface area contributed by atoms with E-state index in [1.807, 2.05) is 14.0 Å². The monoisotopic (exact) mass is 349 g/mol. The molecule has 136 valence electrons. The molecule has 25 heavy (non-hydrogen) atoms. The van der Waals surface area contributed by atoms with Crippen molar-refractivity contribution in [2.24, 2.45) is 5.10 Å². The highest BCUT2D eigenvalue weighted by atomic mass is 16.5. The average molecular weight is 349 g/mol. The van der Waals surface area contributed by atoms with Gasteiger partial charge in [0.15, 0.2) is 5.69 Å². The van der Waals surface area contributed by atoms with Gasteiger partial charge >= 0.3 is 0 Å². The topological polar surface area (TPSA) is 109 Å². The maximum absolute atomic E-state index is 12.5. The summed E-state index contributed by atoms with van der Waals surface area (Å²) < 4.78 is 6.99. The molecule has 3 rings (SSSR count). The Bertz CT molecular complexity index is 798. The minimum Gasteiger partial charge on any atom is -0.501 e. The minimum absolute atomic E-state index is 0.0459. The zero-order valence-electron chi connectivity index (χ0n) is 14.9. The fourth-order valence-corrected chi connectivity index (χ4v) is 3.19. The summed E-state index contributed by atoms with van der Waals surface area (Å²) in [5, 5.41) is 19.0. The van der Waals surface area contributed by atoms with Crippen molar-refractivity contribution in [2.75, 3.05) is 20.2 Å². The van der Waals surface area contributed by atoms with Crippen LogP contribution in [0.3, 0.4) is 0 Å². The number of carbonyl (C=O) groups excluding carboxylic acids is 1. The SMILES string of the molecule is CC1=NN(C)C(CNC(=O)c2nc3n(c(=O)c2O)CCOC3(C)C)C1. The van der Waals surface area contributed by atoms with Crippen molar-refractivity contribution in [3.05, 3.63) is 21.9 Å². The smallest absolute Gasteiger partial charge is 0.296 e. The van der Waals surface area contributed by atoms with E-state index in [2.05, 4.69) is 15.4 Å². The molecule has 1 amide bonds. The molecule has 9 nitrogen and oxygen atoms in total. The molecule has 0 saturated carbocycles. The Hall–Kier alpha value is -2.42. The van der Waals surface area contributed by atoms with Crippen LogP contribution in [0.4, 0.5) is 0 Å². The number of aromatic hydroxyl groups is 1. The molecule has 1 unspecified atom stereocenters. The normalized spacial score (nSPS) is 21.7. The summed E-state index contributed by atoms with van der Waals surface area (Å²) in [5.41, 5.74) is -0.707. The maximum atomic E-state index is 12.5. The lowest BCUT2D eigenvalue weighted by atomic mass is 10.1. The minimum atomic E-state index is -0.809. The number of hydrazone groups is 1. The highest BCUT2D eigenvalue weighted by Gasteiger charge is 2.34. The van der Waals surface area contributed by atoms with Gasteiger partial charge in [-0.15, -0.1) is 0 Å². The molecule has 2 aliphatic heterocycles. The van der Waals surface area contributed by atoms with Crippen molar-refractivity contribution >= 4 is 11.6 Å². The molecule has 1 atom stereocenters. The van der Waals surface area contributed by atoms with Crippen LogP contribution in [0.15, 0.2) is 9.90 Å². The molecule has 1 aromatic heterocycles. The summed E-state index contributed by atoms with van der Waals surface area (Å²) in [6, 6.07) is 0.0459. The van der Waals surface area contributed by atoms with Gasteiger partial charge in [-0.1, -0.05) is 0 Å². The van der Waals surface area contributed by atoms with E-state index in [1.54, 1.807) is 18.9 Å². The first-order valence-electron chi connectivity index (χ1n) is 8.24. The number of ether oxygens (including phenoxy) is 1. The van der Waals surface area contributed by atoms with Gasteiger partial charge in [0.05, 0.1) is 19.2 Å². The van der Waals surface area contributed by atoms with Gasteiger partial charge in [0, 0.05) is 25.7 Å². The van der Waals surface area contributed by atoms with Gasteiger partial charge in [0.2, 0.25) is 5.75 Å². The predicted octanol–water partition coefficient (Wildman–Crippen LogP) is 0.0240. The van der Waals surface area contributed by atoms with Crippen LogP contribution >= 0.6 is 0 Å². The highest BCUT2D eigenvalue weighted by molar-refractivity contribution is 5.94. The Balaban J connectivity index is 1.84. The fraction of sp³-hybridized carbons (Fsp3) is 0.625. The van der Waals surface area contributed by atoms with Crippen LogP contribution in [0.5, 0.6) is 5.75 Å². The molecule has 0 saturated heterocycles. The average Bonchev–Trinajstić information content (AvgIpc) is 2.86. The van der Waals surface area contributed by atoms with E-state index in [9.17, 15) is 14.7 Å². The van der Waals surface area contributed by atoms with Crippen LogP contribution in [0, 0.1) is 0 Å². The molecular formula is C16H23N5O4. The molecule has 0 radical (unpaired) electrons. The third kappa shape index (κ3) is 3.11. The van der Waals surface area contributed by atoms with E-state index < -0.39 is 22.8 Å². The van der Waals surface area contributed by atoms with E-state index in [1.165, 1.54) is 4.57 Å². The number of likely N-dealkylation sites (N-methyl/N-ethyl adjacent to an activating group) is 1. The van der Waals surface area contributed by atoms with E-state index >= 15 is 0 Å². The second-order valence-electron chi connectivity index (χ2n) is 6.93. The van der Waals surface area contributed by atoms with Gasteiger partial charge in [-0.25, -0.2) is 4.98 Å². The van der Waals surface area contributed by atoms with Gasteiger partial charge in [0.25, 0.3) is 11.5 Å². The summed E-state index contributed by atoms with van der Waals surface area (Å²) in [4.78, 5) is 29.1. The third-order valence-electron chi connectivity index (χ3n) is 4.56. The van der Waals surface area contributed by atoms with Crippen LogP contribution in [-0.4, -0.2) is 57.5 Å². The zero-order valence-corrected chi connectivity index (χ0v) is 14.9. The number of hydrogen-bond donors (Lipinski definition) is 2. The molecule has 0 aromatic carbocycles. The molecule has 0 spiro atoms. The summed E-state index contributed by atoms with van der Waals surface area (Å²) in [7, 11) is 1.84. The first kappa shape index (κ1) is 17.4. The molecule has 0 aliphatic carbocycles. The van der Waals surface area contributed by atoms with E-state index in [4.69, 9.17) is 4.74 Å². The molecule has 0 fully saturated rings. The zero-order chi connectivity index (χ0) is 18.4. The lowest BCUT2D eigenvalue weighted by Gasteiger charge is -2.32. The van der Waals surface area contributed by atoms with Crippen LogP contribution in [-0.2, 0) is 16.9 Å². The van der Waals surface area contributed by atoms with Crippen LogP contribution in [0.1, 0.15) is 43.5 Å². The quantitative estimate of drug-likeness (QED) is 0.796. The fourth-order valence-electron chi connectivity index (χ4n) is 3.19. The Morgan fingerprint density at radius 2 is 2.20 bits per heavy atom. The van der Waals surface area contributed by atoms with Crippen molar-refractivity contribution in [2.45, 2.75) is 45.4 Å². The summed E-state index contributed by atoms with van der Waals surface area (Å²) in [6.07, 6.45) is 0.754. The summed E-state index contributed by atoms with van der Waals surface area (Å²) in [6.45, 7) is 6.46. The van der Waals surface area contributed by atoms with E-state index in [-0.39, 0.29) is 11.7 Å². The lowest BCUT2D eigenvalue weighted by Crippen LogP contribution is -2.43. The molecule has 3 heterocycles.